The van der Waals surface area contributed by atoms with Crippen LogP contribution >= 0.6 is 0 Å². The summed E-state index contributed by atoms with van der Waals surface area (Å²) in [4.78, 5) is 23.5. The molecule has 1 rings (SSSR count). The molecule has 0 saturated heterocycles. The summed E-state index contributed by atoms with van der Waals surface area (Å²) in [5, 5.41) is 2.69. The second kappa shape index (κ2) is 9.18. The van der Waals surface area contributed by atoms with E-state index in [4.69, 9.17) is 9.47 Å². The van der Waals surface area contributed by atoms with Crippen LogP contribution in [0.25, 0.3) is 0 Å². The number of hydrogen-bond acceptors (Lipinski definition) is 4. The zero-order chi connectivity index (χ0) is 17.4. The maximum absolute atomic E-state index is 11.8. The maximum atomic E-state index is 11.8. The van der Waals surface area contributed by atoms with Crippen molar-refractivity contribution in [2.24, 2.45) is 0 Å². The third-order valence-corrected chi connectivity index (χ3v) is 3.36. The lowest BCUT2D eigenvalue weighted by Crippen LogP contribution is -2.37. The lowest BCUT2D eigenvalue weighted by atomic mass is 10.0. The molecule has 0 aliphatic carbocycles. The molecule has 1 aromatic rings. The van der Waals surface area contributed by atoms with Gasteiger partial charge in [-0.2, -0.15) is 0 Å². The first-order valence-electron chi connectivity index (χ1n) is 8.05. The minimum absolute atomic E-state index is 0.214. The molecule has 1 atom stereocenters. The Labute approximate surface area is 138 Å². The second-order valence-corrected chi connectivity index (χ2v) is 5.91. The molecule has 1 N–H and O–H groups in total. The van der Waals surface area contributed by atoms with Crippen LogP contribution in [0.4, 0.5) is 0 Å². The molecule has 0 aliphatic heterocycles. The first-order chi connectivity index (χ1) is 10.8. The predicted octanol–water partition coefficient (Wildman–Crippen LogP) is 2.96. The first-order valence-corrected chi connectivity index (χ1v) is 8.05. The lowest BCUT2D eigenvalue weighted by molar-refractivity contribution is -0.156. The molecule has 0 bridgehead atoms. The fourth-order valence-electron chi connectivity index (χ4n) is 2.06. The number of ether oxygens (including phenoxy) is 2. The van der Waals surface area contributed by atoms with Gasteiger partial charge in [0.05, 0.1) is 0 Å². The van der Waals surface area contributed by atoms with Gasteiger partial charge in [-0.15, -0.1) is 0 Å². The number of amides is 1. The summed E-state index contributed by atoms with van der Waals surface area (Å²) >= 11 is 0. The van der Waals surface area contributed by atoms with Gasteiger partial charge < -0.3 is 14.8 Å². The molecule has 0 fully saturated rings. The summed E-state index contributed by atoms with van der Waals surface area (Å²) in [6.45, 7) is 9.96. The van der Waals surface area contributed by atoms with E-state index in [9.17, 15) is 9.59 Å². The Morgan fingerprint density at radius 1 is 1.22 bits per heavy atom. The van der Waals surface area contributed by atoms with Crippen molar-refractivity contribution in [1.82, 2.24) is 5.32 Å². The normalized spacial score (nSPS) is 11.9. The Bertz CT molecular complexity index is 540. The highest BCUT2D eigenvalue weighted by molar-refractivity contribution is 5.83. The van der Waals surface area contributed by atoms with Crippen molar-refractivity contribution in [3.8, 4) is 5.75 Å². The molecule has 5 heteroatoms. The van der Waals surface area contributed by atoms with Crippen LogP contribution in [0.1, 0.15) is 51.2 Å². The zero-order valence-corrected chi connectivity index (χ0v) is 14.6. The van der Waals surface area contributed by atoms with E-state index in [1.54, 1.807) is 6.92 Å². The van der Waals surface area contributed by atoms with E-state index < -0.39 is 12.1 Å². The van der Waals surface area contributed by atoms with Crippen molar-refractivity contribution in [2.75, 3.05) is 13.2 Å². The number of hydrogen-bond donors (Lipinski definition) is 1. The molecule has 0 saturated carbocycles. The molecule has 1 amide bonds. The molecular formula is C18H27NO4. The number of aryl methyl sites for hydroxylation is 1. The predicted molar refractivity (Wildman–Crippen MR) is 89.6 cm³/mol. The van der Waals surface area contributed by atoms with Crippen LogP contribution in [0, 0.1) is 6.92 Å². The Kier molecular flexibility index (Phi) is 7.59. The Hall–Kier alpha value is -2.04. The van der Waals surface area contributed by atoms with Gasteiger partial charge in [-0.05, 0) is 43.4 Å². The summed E-state index contributed by atoms with van der Waals surface area (Å²) in [5.41, 5.74) is 2.10. The van der Waals surface area contributed by atoms with Gasteiger partial charge in [0, 0.05) is 6.54 Å². The number of nitrogens with one attached hydrogen (secondary N) is 1. The molecule has 1 aromatic carbocycles. The molecule has 0 aliphatic rings. The fourth-order valence-corrected chi connectivity index (χ4v) is 2.06. The minimum Gasteiger partial charge on any atom is -0.482 e. The minimum atomic E-state index is -0.820. The van der Waals surface area contributed by atoms with Crippen molar-refractivity contribution in [1.29, 1.82) is 0 Å². The quantitative estimate of drug-likeness (QED) is 0.748. The van der Waals surface area contributed by atoms with Crippen molar-refractivity contribution in [3.05, 3.63) is 29.3 Å². The summed E-state index contributed by atoms with van der Waals surface area (Å²) in [5.74, 6) is 0.124. The van der Waals surface area contributed by atoms with E-state index in [1.807, 2.05) is 32.0 Å². The number of carbonyl (C=O) groups excluding carboxylic acids is 2. The maximum Gasteiger partial charge on any atom is 0.344 e. The molecule has 23 heavy (non-hydrogen) atoms. The van der Waals surface area contributed by atoms with Crippen molar-refractivity contribution < 1.29 is 19.1 Å². The van der Waals surface area contributed by atoms with Gasteiger partial charge in [0.25, 0.3) is 5.91 Å². The fraction of sp³-hybridized carbons (Fsp3) is 0.556. The number of benzene rings is 1. The van der Waals surface area contributed by atoms with E-state index >= 15 is 0 Å². The summed E-state index contributed by atoms with van der Waals surface area (Å²) in [6.07, 6.45) is 0.0145. The highest BCUT2D eigenvalue weighted by atomic mass is 16.6. The Balaban J connectivity index is 2.56. The van der Waals surface area contributed by atoms with Gasteiger partial charge in [-0.1, -0.05) is 32.9 Å². The summed E-state index contributed by atoms with van der Waals surface area (Å²) in [6, 6.07) is 5.92. The van der Waals surface area contributed by atoms with Crippen LogP contribution in [0.2, 0.25) is 0 Å². The lowest BCUT2D eigenvalue weighted by Gasteiger charge is -2.16. The van der Waals surface area contributed by atoms with E-state index in [0.29, 0.717) is 18.2 Å². The first kappa shape index (κ1) is 19.0. The summed E-state index contributed by atoms with van der Waals surface area (Å²) < 4.78 is 10.7. The second-order valence-electron chi connectivity index (χ2n) is 5.91. The van der Waals surface area contributed by atoms with Crippen molar-refractivity contribution in [2.45, 2.75) is 53.1 Å². The van der Waals surface area contributed by atoms with E-state index in [-0.39, 0.29) is 12.5 Å². The van der Waals surface area contributed by atoms with Crippen LogP contribution in [0.15, 0.2) is 18.2 Å². The Morgan fingerprint density at radius 3 is 2.52 bits per heavy atom. The standard InChI is InChI=1S/C18H27NO4/c1-6-9-19-18(21)14(5)23-17(20)11-22-16-10-13(4)7-8-15(16)12(2)3/h7-8,10,12,14H,6,9,11H2,1-5H3,(H,19,21). The van der Waals surface area contributed by atoms with Crippen LogP contribution in [0.3, 0.4) is 0 Å². The molecule has 0 spiro atoms. The van der Waals surface area contributed by atoms with Crippen LogP contribution in [-0.4, -0.2) is 31.1 Å². The third kappa shape index (κ3) is 6.30. The summed E-state index contributed by atoms with van der Waals surface area (Å²) in [7, 11) is 0. The van der Waals surface area contributed by atoms with Crippen molar-refractivity contribution >= 4 is 11.9 Å². The molecule has 128 valence electrons. The highest BCUT2D eigenvalue weighted by Crippen LogP contribution is 2.27. The van der Waals surface area contributed by atoms with E-state index in [1.165, 1.54) is 0 Å². The van der Waals surface area contributed by atoms with Gasteiger partial charge in [0.1, 0.15) is 5.75 Å². The van der Waals surface area contributed by atoms with Gasteiger partial charge in [0.15, 0.2) is 12.7 Å². The average molecular weight is 321 g/mol. The average Bonchev–Trinajstić information content (AvgIpc) is 2.50. The van der Waals surface area contributed by atoms with Crippen LogP contribution < -0.4 is 10.1 Å². The topological polar surface area (TPSA) is 64.6 Å². The third-order valence-electron chi connectivity index (χ3n) is 3.36. The van der Waals surface area contributed by atoms with E-state index in [2.05, 4.69) is 19.2 Å². The molecule has 0 heterocycles. The monoisotopic (exact) mass is 321 g/mol. The molecule has 0 aromatic heterocycles. The number of esters is 1. The van der Waals surface area contributed by atoms with Crippen LogP contribution in [0.5, 0.6) is 5.75 Å². The Morgan fingerprint density at radius 2 is 1.91 bits per heavy atom. The SMILES string of the molecule is CCCNC(=O)C(C)OC(=O)COc1cc(C)ccc1C(C)C. The van der Waals surface area contributed by atoms with Crippen LogP contribution in [-0.2, 0) is 14.3 Å². The van der Waals surface area contributed by atoms with Gasteiger partial charge in [-0.3, -0.25) is 4.79 Å². The zero-order valence-electron chi connectivity index (χ0n) is 14.6. The van der Waals surface area contributed by atoms with E-state index in [0.717, 1.165) is 17.5 Å². The largest absolute Gasteiger partial charge is 0.482 e. The number of rotatable bonds is 8. The highest BCUT2D eigenvalue weighted by Gasteiger charge is 2.18. The van der Waals surface area contributed by atoms with Gasteiger partial charge >= 0.3 is 5.97 Å². The number of carbonyl (C=O) groups is 2. The smallest absolute Gasteiger partial charge is 0.344 e. The molecular weight excluding hydrogens is 294 g/mol. The molecule has 5 nitrogen and oxygen atoms in total. The molecule has 0 radical (unpaired) electrons. The van der Waals surface area contributed by atoms with Crippen molar-refractivity contribution in [3.63, 3.8) is 0 Å². The van der Waals surface area contributed by atoms with Gasteiger partial charge in [0.2, 0.25) is 0 Å². The molecule has 1 unspecified atom stereocenters. The van der Waals surface area contributed by atoms with Gasteiger partial charge in [-0.25, -0.2) is 4.79 Å².